The summed E-state index contributed by atoms with van der Waals surface area (Å²) in [5, 5.41) is 3.30. The standard InChI is InChI=1S/C9H18N4/c1-7(2)8(6-10)12-9-11-4-5-13(9)3/h4-5,7-8H,6,10H2,1-3H3,(H,11,12). The van der Waals surface area contributed by atoms with Gasteiger partial charge in [-0.25, -0.2) is 4.98 Å². The molecule has 3 N–H and O–H groups in total. The number of hydrogen-bond acceptors (Lipinski definition) is 3. The van der Waals surface area contributed by atoms with Gasteiger partial charge in [0, 0.05) is 32.0 Å². The fourth-order valence-corrected chi connectivity index (χ4v) is 1.17. The van der Waals surface area contributed by atoms with Crippen molar-refractivity contribution in [2.24, 2.45) is 18.7 Å². The van der Waals surface area contributed by atoms with Gasteiger partial charge in [-0.3, -0.25) is 0 Å². The minimum absolute atomic E-state index is 0.293. The zero-order valence-electron chi connectivity index (χ0n) is 8.49. The summed E-state index contributed by atoms with van der Waals surface area (Å²) in [6.45, 7) is 4.92. The number of aromatic nitrogens is 2. The third-order valence-electron chi connectivity index (χ3n) is 2.19. The van der Waals surface area contributed by atoms with Crippen LogP contribution in [0.2, 0.25) is 0 Å². The molecule has 0 aliphatic heterocycles. The van der Waals surface area contributed by atoms with Crippen LogP contribution in [0.3, 0.4) is 0 Å². The molecule has 1 aromatic heterocycles. The lowest BCUT2D eigenvalue weighted by atomic mass is 10.1. The Morgan fingerprint density at radius 1 is 1.62 bits per heavy atom. The van der Waals surface area contributed by atoms with Crippen LogP contribution in [-0.2, 0) is 7.05 Å². The van der Waals surface area contributed by atoms with Crippen LogP contribution >= 0.6 is 0 Å². The van der Waals surface area contributed by atoms with E-state index >= 15 is 0 Å². The van der Waals surface area contributed by atoms with Crippen molar-refractivity contribution in [1.29, 1.82) is 0 Å². The van der Waals surface area contributed by atoms with Gasteiger partial charge in [-0.2, -0.15) is 0 Å². The molecule has 0 spiro atoms. The number of imidazole rings is 1. The molecule has 1 atom stereocenters. The maximum atomic E-state index is 5.64. The van der Waals surface area contributed by atoms with Gasteiger partial charge in [0.25, 0.3) is 0 Å². The molecule has 0 saturated heterocycles. The molecule has 0 amide bonds. The van der Waals surface area contributed by atoms with Crippen molar-refractivity contribution in [1.82, 2.24) is 9.55 Å². The largest absolute Gasteiger partial charge is 0.351 e. The maximum absolute atomic E-state index is 5.64. The van der Waals surface area contributed by atoms with Crippen molar-refractivity contribution < 1.29 is 0 Å². The summed E-state index contributed by atoms with van der Waals surface area (Å²) in [4.78, 5) is 4.18. The highest BCUT2D eigenvalue weighted by molar-refractivity contribution is 5.27. The Bertz CT molecular complexity index is 254. The zero-order chi connectivity index (χ0) is 9.84. The Hall–Kier alpha value is -1.03. The van der Waals surface area contributed by atoms with Crippen molar-refractivity contribution in [2.45, 2.75) is 19.9 Å². The highest BCUT2D eigenvalue weighted by Crippen LogP contribution is 2.08. The second-order valence-corrected chi connectivity index (χ2v) is 3.59. The first kappa shape index (κ1) is 10.1. The monoisotopic (exact) mass is 182 g/mol. The fourth-order valence-electron chi connectivity index (χ4n) is 1.17. The highest BCUT2D eigenvalue weighted by Gasteiger charge is 2.12. The number of rotatable bonds is 4. The number of nitrogens with two attached hydrogens (primary N) is 1. The summed E-state index contributed by atoms with van der Waals surface area (Å²) in [7, 11) is 1.96. The molecule has 0 saturated carbocycles. The van der Waals surface area contributed by atoms with E-state index in [2.05, 4.69) is 24.1 Å². The van der Waals surface area contributed by atoms with E-state index in [0.717, 1.165) is 5.95 Å². The summed E-state index contributed by atoms with van der Waals surface area (Å²) >= 11 is 0. The van der Waals surface area contributed by atoms with Crippen LogP contribution in [0.25, 0.3) is 0 Å². The summed E-state index contributed by atoms with van der Waals surface area (Å²) in [5.41, 5.74) is 5.64. The van der Waals surface area contributed by atoms with E-state index in [4.69, 9.17) is 5.73 Å². The van der Waals surface area contributed by atoms with Crippen LogP contribution in [0.1, 0.15) is 13.8 Å². The summed E-state index contributed by atoms with van der Waals surface area (Å²) in [5.74, 6) is 1.39. The van der Waals surface area contributed by atoms with Crippen molar-refractivity contribution >= 4 is 5.95 Å². The van der Waals surface area contributed by atoms with E-state index in [1.165, 1.54) is 0 Å². The van der Waals surface area contributed by atoms with E-state index in [-0.39, 0.29) is 0 Å². The molecule has 0 fully saturated rings. The van der Waals surface area contributed by atoms with Crippen molar-refractivity contribution in [3.63, 3.8) is 0 Å². The Morgan fingerprint density at radius 3 is 2.69 bits per heavy atom. The SMILES string of the molecule is CC(C)C(CN)Nc1nccn1C. The molecule has 1 aromatic rings. The van der Waals surface area contributed by atoms with Crippen molar-refractivity contribution in [2.75, 3.05) is 11.9 Å². The molecule has 4 heteroatoms. The number of aryl methyl sites for hydroxylation is 1. The Balaban J connectivity index is 2.62. The molecule has 13 heavy (non-hydrogen) atoms. The van der Waals surface area contributed by atoms with Crippen LogP contribution in [0.15, 0.2) is 12.4 Å². The second kappa shape index (κ2) is 4.28. The topological polar surface area (TPSA) is 55.9 Å². The maximum Gasteiger partial charge on any atom is 0.202 e. The number of nitrogens with one attached hydrogen (secondary N) is 1. The van der Waals surface area contributed by atoms with E-state index in [1.54, 1.807) is 6.20 Å². The minimum atomic E-state index is 0.293. The first-order valence-corrected chi connectivity index (χ1v) is 4.59. The molecule has 0 aliphatic rings. The molecule has 1 unspecified atom stereocenters. The first-order valence-electron chi connectivity index (χ1n) is 4.59. The van der Waals surface area contributed by atoms with E-state index in [9.17, 15) is 0 Å². The van der Waals surface area contributed by atoms with Gasteiger partial charge in [0.1, 0.15) is 0 Å². The third kappa shape index (κ3) is 2.45. The van der Waals surface area contributed by atoms with Crippen LogP contribution in [0.4, 0.5) is 5.95 Å². The first-order chi connectivity index (χ1) is 6.15. The smallest absolute Gasteiger partial charge is 0.202 e. The van der Waals surface area contributed by atoms with Gasteiger partial charge in [0.2, 0.25) is 5.95 Å². The average Bonchev–Trinajstić information content (AvgIpc) is 2.46. The molecule has 1 heterocycles. The normalized spacial score (nSPS) is 13.3. The molecule has 0 radical (unpaired) electrons. The Labute approximate surface area is 79.1 Å². The lowest BCUT2D eigenvalue weighted by molar-refractivity contribution is 0.526. The van der Waals surface area contributed by atoms with Gasteiger partial charge in [-0.15, -0.1) is 0 Å². The average molecular weight is 182 g/mol. The van der Waals surface area contributed by atoms with Gasteiger partial charge < -0.3 is 15.6 Å². The lowest BCUT2D eigenvalue weighted by Crippen LogP contribution is -2.34. The predicted octanol–water partition coefficient (Wildman–Crippen LogP) is 0.815. The number of hydrogen-bond donors (Lipinski definition) is 2. The molecule has 4 nitrogen and oxygen atoms in total. The van der Waals surface area contributed by atoms with Crippen LogP contribution < -0.4 is 11.1 Å². The molecular weight excluding hydrogens is 164 g/mol. The van der Waals surface area contributed by atoms with E-state index in [0.29, 0.717) is 18.5 Å². The third-order valence-corrected chi connectivity index (χ3v) is 2.19. The number of nitrogens with zero attached hydrogens (tertiary/aromatic N) is 2. The molecule has 1 rings (SSSR count). The van der Waals surface area contributed by atoms with Crippen molar-refractivity contribution in [3.8, 4) is 0 Å². The highest BCUT2D eigenvalue weighted by atomic mass is 15.2. The van der Waals surface area contributed by atoms with E-state index < -0.39 is 0 Å². The van der Waals surface area contributed by atoms with Crippen LogP contribution in [0.5, 0.6) is 0 Å². The zero-order valence-corrected chi connectivity index (χ0v) is 8.49. The Morgan fingerprint density at radius 2 is 2.31 bits per heavy atom. The van der Waals surface area contributed by atoms with Gasteiger partial charge in [0.15, 0.2) is 0 Å². The summed E-state index contributed by atoms with van der Waals surface area (Å²) < 4.78 is 1.95. The fraction of sp³-hybridized carbons (Fsp3) is 0.667. The van der Waals surface area contributed by atoms with Gasteiger partial charge in [0.05, 0.1) is 0 Å². The number of anilines is 1. The quantitative estimate of drug-likeness (QED) is 0.724. The van der Waals surface area contributed by atoms with Crippen LogP contribution in [-0.4, -0.2) is 22.1 Å². The molecular formula is C9H18N4. The predicted molar refractivity (Wildman–Crippen MR) is 54.5 cm³/mol. The summed E-state index contributed by atoms with van der Waals surface area (Å²) in [6, 6.07) is 0.293. The van der Waals surface area contributed by atoms with E-state index in [1.807, 2.05) is 17.8 Å². The van der Waals surface area contributed by atoms with Gasteiger partial charge >= 0.3 is 0 Å². The minimum Gasteiger partial charge on any atom is -0.351 e. The van der Waals surface area contributed by atoms with Crippen LogP contribution in [0, 0.1) is 5.92 Å². The second-order valence-electron chi connectivity index (χ2n) is 3.59. The molecule has 0 aliphatic carbocycles. The van der Waals surface area contributed by atoms with Gasteiger partial charge in [-0.1, -0.05) is 13.8 Å². The Kier molecular flexibility index (Phi) is 3.31. The lowest BCUT2D eigenvalue weighted by Gasteiger charge is -2.20. The molecule has 74 valence electrons. The van der Waals surface area contributed by atoms with Gasteiger partial charge in [-0.05, 0) is 5.92 Å². The van der Waals surface area contributed by atoms with Crippen molar-refractivity contribution in [3.05, 3.63) is 12.4 Å². The summed E-state index contributed by atoms with van der Waals surface area (Å²) in [6.07, 6.45) is 3.69. The molecule has 0 bridgehead atoms. The molecule has 0 aromatic carbocycles.